The van der Waals surface area contributed by atoms with Crippen molar-refractivity contribution in [1.82, 2.24) is 9.97 Å². The second-order valence-corrected chi connectivity index (χ2v) is 5.98. The Morgan fingerprint density at radius 2 is 2.05 bits per heavy atom. The van der Waals surface area contributed by atoms with Crippen LogP contribution in [-0.2, 0) is 0 Å². The third kappa shape index (κ3) is 2.51. The van der Waals surface area contributed by atoms with E-state index in [1.807, 2.05) is 18.4 Å². The van der Waals surface area contributed by atoms with E-state index < -0.39 is 11.6 Å². The molecule has 0 bridgehead atoms. The summed E-state index contributed by atoms with van der Waals surface area (Å²) in [5.74, 6) is -0.802. The normalized spacial score (nSPS) is 11.0. The van der Waals surface area contributed by atoms with E-state index in [0.717, 1.165) is 16.3 Å². The number of hydrogen-bond donors (Lipinski definition) is 1. The van der Waals surface area contributed by atoms with Crippen molar-refractivity contribution >= 4 is 43.3 Å². The Labute approximate surface area is 132 Å². The Balaban J connectivity index is 2.23. The highest BCUT2D eigenvalue weighted by atomic mass is 79.9. The molecule has 1 aromatic carbocycles. The number of fused-ring (bicyclic) bond motifs is 1. The summed E-state index contributed by atoms with van der Waals surface area (Å²) in [6.07, 6.45) is 0. The summed E-state index contributed by atoms with van der Waals surface area (Å²) in [6, 6.07) is 4.47. The minimum atomic E-state index is -0.938. The summed E-state index contributed by atoms with van der Waals surface area (Å²) in [5, 5.41) is 6.01. The molecule has 0 atom stereocenters. The molecule has 3 aromatic rings. The van der Waals surface area contributed by atoms with Crippen molar-refractivity contribution in [2.24, 2.45) is 0 Å². The number of benzene rings is 1. The van der Waals surface area contributed by atoms with Gasteiger partial charge in [0.25, 0.3) is 0 Å². The van der Waals surface area contributed by atoms with Crippen LogP contribution in [0.25, 0.3) is 21.6 Å². The third-order valence-corrected chi connectivity index (χ3v) is 4.53. The van der Waals surface area contributed by atoms with Crippen LogP contribution in [-0.4, -0.2) is 16.5 Å². The van der Waals surface area contributed by atoms with Crippen LogP contribution in [0.3, 0.4) is 0 Å². The molecule has 1 N–H and O–H groups in total. The smallest absolute Gasteiger partial charge is 0.173 e. The Kier molecular flexibility index (Phi) is 3.86. The lowest BCUT2D eigenvalue weighted by Gasteiger charge is -2.09. The molecule has 0 saturated heterocycles. The molecule has 21 heavy (non-hydrogen) atoms. The molecule has 2 heterocycles. The van der Waals surface area contributed by atoms with Gasteiger partial charge in [0.05, 0.1) is 9.86 Å². The molecule has 0 amide bonds. The molecule has 3 rings (SSSR count). The largest absolute Gasteiger partial charge is 0.370 e. The quantitative estimate of drug-likeness (QED) is 0.671. The first-order valence-corrected chi connectivity index (χ1v) is 7.92. The van der Waals surface area contributed by atoms with Crippen LogP contribution in [0, 0.1) is 11.6 Å². The minimum absolute atomic E-state index is 0.0286. The molecule has 0 spiro atoms. The lowest BCUT2D eigenvalue weighted by molar-refractivity contribution is 0.504. The molecular formula is C14H10BrF2N3S. The Hall–Kier alpha value is -1.60. The molecule has 7 heteroatoms. The Morgan fingerprint density at radius 1 is 1.24 bits per heavy atom. The minimum Gasteiger partial charge on any atom is -0.370 e. The molecular weight excluding hydrogens is 360 g/mol. The lowest BCUT2D eigenvalue weighted by atomic mass is 10.2. The van der Waals surface area contributed by atoms with Gasteiger partial charge in [-0.3, -0.25) is 0 Å². The number of thiophene rings is 1. The molecule has 0 fully saturated rings. The predicted octanol–water partition coefficient (Wildman–Crippen LogP) is 4.83. The molecule has 0 unspecified atom stereocenters. The third-order valence-electron chi connectivity index (χ3n) is 2.95. The van der Waals surface area contributed by atoms with Crippen LogP contribution in [0.2, 0.25) is 0 Å². The average Bonchev–Trinajstić information content (AvgIpc) is 2.94. The number of aromatic nitrogens is 2. The monoisotopic (exact) mass is 369 g/mol. The number of nitrogens with one attached hydrogen (secondary N) is 1. The van der Waals surface area contributed by atoms with Gasteiger partial charge in [-0.25, -0.2) is 18.7 Å². The van der Waals surface area contributed by atoms with Crippen molar-refractivity contribution < 1.29 is 8.78 Å². The van der Waals surface area contributed by atoms with Crippen molar-refractivity contribution in [1.29, 1.82) is 0 Å². The van der Waals surface area contributed by atoms with Gasteiger partial charge in [0.15, 0.2) is 17.5 Å². The molecule has 3 nitrogen and oxygen atoms in total. The molecule has 0 saturated carbocycles. The van der Waals surface area contributed by atoms with Gasteiger partial charge in [0.1, 0.15) is 10.6 Å². The second kappa shape index (κ2) is 5.65. The first-order chi connectivity index (χ1) is 10.1. The van der Waals surface area contributed by atoms with Gasteiger partial charge in [-0.2, -0.15) is 0 Å². The summed E-state index contributed by atoms with van der Waals surface area (Å²) >= 11 is 4.55. The van der Waals surface area contributed by atoms with Crippen LogP contribution in [0.1, 0.15) is 6.92 Å². The summed E-state index contributed by atoms with van der Waals surface area (Å²) in [6.45, 7) is 2.67. The summed E-state index contributed by atoms with van der Waals surface area (Å²) < 4.78 is 26.9. The van der Waals surface area contributed by atoms with Crippen molar-refractivity contribution in [3.8, 4) is 11.4 Å². The van der Waals surface area contributed by atoms with E-state index in [0.29, 0.717) is 23.8 Å². The van der Waals surface area contributed by atoms with Crippen LogP contribution in [0.4, 0.5) is 14.6 Å². The first-order valence-electron chi connectivity index (χ1n) is 6.24. The van der Waals surface area contributed by atoms with Crippen LogP contribution >= 0.6 is 27.3 Å². The highest BCUT2D eigenvalue weighted by molar-refractivity contribution is 9.10. The number of anilines is 1. The van der Waals surface area contributed by atoms with E-state index in [4.69, 9.17) is 0 Å². The number of rotatable bonds is 3. The number of nitrogens with zero attached hydrogens (tertiary/aromatic N) is 2. The van der Waals surface area contributed by atoms with Crippen LogP contribution in [0.5, 0.6) is 0 Å². The Bertz CT molecular complexity index is 819. The van der Waals surface area contributed by atoms with Gasteiger partial charge in [-0.1, -0.05) is 0 Å². The summed E-state index contributed by atoms with van der Waals surface area (Å²) in [5.41, 5.74) is 0.420. The van der Waals surface area contributed by atoms with E-state index in [2.05, 4.69) is 31.2 Å². The topological polar surface area (TPSA) is 37.8 Å². The van der Waals surface area contributed by atoms with E-state index in [1.165, 1.54) is 17.4 Å². The fourth-order valence-corrected chi connectivity index (χ4v) is 3.24. The van der Waals surface area contributed by atoms with Crippen LogP contribution < -0.4 is 5.32 Å². The maximum absolute atomic E-state index is 13.7. The molecule has 0 aliphatic heterocycles. The number of hydrogen-bond acceptors (Lipinski definition) is 4. The predicted molar refractivity (Wildman–Crippen MR) is 84.6 cm³/mol. The highest BCUT2D eigenvalue weighted by Gasteiger charge is 2.16. The first kappa shape index (κ1) is 14.3. The van der Waals surface area contributed by atoms with E-state index in [-0.39, 0.29) is 4.47 Å². The van der Waals surface area contributed by atoms with Crippen molar-refractivity contribution in [2.75, 3.05) is 11.9 Å². The SMILES string of the molecule is CCNc1nc(-c2ccc(F)c(F)c2Br)nc2sccc12. The maximum Gasteiger partial charge on any atom is 0.173 e. The zero-order valence-electron chi connectivity index (χ0n) is 11.0. The van der Waals surface area contributed by atoms with Crippen molar-refractivity contribution in [2.45, 2.75) is 6.92 Å². The van der Waals surface area contributed by atoms with Crippen molar-refractivity contribution in [3.63, 3.8) is 0 Å². The summed E-state index contributed by atoms with van der Waals surface area (Å²) in [7, 11) is 0. The summed E-state index contributed by atoms with van der Waals surface area (Å²) in [4.78, 5) is 9.66. The Morgan fingerprint density at radius 3 is 2.81 bits per heavy atom. The van der Waals surface area contributed by atoms with Gasteiger partial charge >= 0.3 is 0 Å². The zero-order chi connectivity index (χ0) is 15.0. The van der Waals surface area contributed by atoms with E-state index in [1.54, 1.807) is 0 Å². The zero-order valence-corrected chi connectivity index (χ0v) is 13.4. The van der Waals surface area contributed by atoms with Crippen LogP contribution in [0.15, 0.2) is 28.1 Å². The van der Waals surface area contributed by atoms with E-state index >= 15 is 0 Å². The van der Waals surface area contributed by atoms with E-state index in [9.17, 15) is 8.78 Å². The standard InChI is InChI=1S/C14H10BrF2N3S/c1-2-18-12-8-5-6-21-14(8)20-13(19-12)7-3-4-9(16)11(17)10(7)15/h3-6H,2H2,1H3,(H,18,19,20). The van der Waals surface area contributed by atoms with Gasteiger partial charge in [-0.15, -0.1) is 11.3 Å². The van der Waals surface area contributed by atoms with Crippen molar-refractivity contribution in [3.05, 3.63) is 39.7 Å². The number of halogens is 3. The average molecular weight is 370 g/mol. The van der Waals surface area contributed by atoms with Gasteiger partial charge in [-0.05, 0) is 46.4 Å². The molecule has 2 aromatic heterocycles. The lowest BCUT2D eigenvalue weighted by Crippen LogP contribution is -2.02. The second-order valence-electron chi connectivity index (χ2n) is 4.29. The maximum atomic E-state index is 13.7. The molecule has 0 aliphatic carbocycles. The fourth-order valence-electron chi connectivity index (χ4n) is 1.98. The van der Waals surface area contributed by atoms with Gasteiger partial charge in [0.2, 0.25) is 0 Å². The molecule has 108 valence electrons. The van der Waals surface area contributed by atoms with Gasteiger partial charge < -0.3 is 5.32 Å². The highest BCUT2D eigenvalue weighted by Crippen LogP contribution is 2.33. The van der Waals surface area contributed by atoms with Gasteiger partial charge in [0, 0.05) is 12.1 Å². The fraction of sp³-hybridized carbons (Fsp3) is 0.143. The molecule has 0 aliphatic rings. The molecule has 0 radical (unpaired) electrons.